The van der Waals surface area contributed by atoms with Gasteiger partial charge in [-0.25, -0.2) is 13.4 Å². The Morgan fingerprint density at radius 3 is 2.48 bits per heavy atom. The summed E-state index contributed by atoms with van der Waals surface area (Å²) in [4.78, 5) is 6.76. The molecule has 0 aromatic carbocycles. The number of imidazole rings is 1. The van der Waals surface area contributed by atoms with Crippen molar-refractivity contribution >= 4 is 10.0 Å². The number of aromatic nitrogens is 2. The average Bonchev–Trinajstić information content (AvgIpc) is 3.09. The SMILES string of the molecule is Cc1ncc(S(=O)(=O)N(C)C2CCC3(CC2)OCCO3)[nH]1. The predicted octanol–water partition coefficient (Wildman–Crippen LogP) is 1.02. The number of aryl methyl sites for hydroxylation is 1. The van der Waals surface area contributed by atoms with Crippen molar-refractivity contribution in [2.24, 2.45) is 0 Å². The highest BCUT2D eigenvalue weighted by Gasteiger charge is 2.43. The Balaban J connectivity index is 1.70. The summed E-state index contributed by atoms with van der Waals surface area (Å²) in [6.07, 6.45) is 4.32. The van der Waals surface area contributed by atoms with Gasteiger partial charge in [-0.2, -0.15) is 4.31 Å². The highest BCUT2D eigenvalue weighted by Crippen LogP contribution is 2.38. The summed E-state index contributed by atoms with van der Waals surface area (Å²) in [7, 11) is -1.89. The Bertz CT molecular complexity index is 597. The van der Waals surface area contributed by atoms with Crippen LogP contribution in [0.3, 0.4) is 0 Å². The topological polar surface area (TPSA) is 84.5 Å². The molecule has 2 heterocycles. The molecule has 0 bridgehead atoms. The first-order chi connectivity index (χ1) is 9.93. The lowest BCUT2D eigenvalue weighted by atomic mass is 9.90. The summed E-state index contributed by atoms with van der Waals surface area (Å²) in [6.45, 7) is 3.00. The number of sulfonamides is 1. The Morgan fingerprint density at radius 1 is 1.33 bits per heavy atom. The van der Waals surface area contributed by atoms with Crippen LogP contribution in [-0.2, 0) is 19.5 Å². The molecule has 1 saturated carbocycles. The van der Waals surface area contributed by atoms with Gasteiger partial charge < -0.3 is 14.5 Å². The van der Waals surface area contributed by atoms with E-state index in [9.17, 15) is 8.42 Å². The van der Waals surface area contributed by atoms with Gasteiger partial charge in [-0.1, -0.05) is 0 Å². The summed E-state index contributed by atoms with van der Waals surface area (Å²) in [5.74, 6) is 0.128. The van der Waals surface area contributed by atoms with Gasteiger partial charge in [0.15, 0.2) is 10.8 Å². The minimum absolute atomic E-state index is 0.0305. The summed E-state index contributed by atoms with van der Waals surface area (Å²) in [5.41, 5.74) is 0. The maximum absolute atomic E-state index is 12.5. The molecule has 8 heteroatoms. The summed E-state index contributed by atoms with van der Waals surface area (Å²) < 4.78 is 37.9. The Kier molecular flexibility index (Phi) is 3.81. The van der Waals surface area contributed by atoms with Crippen LogP contribution in [0.15, 0.2) is 11.2 Å². The molecule has 7 nitrogen and oxygen atoms in total. The van der Waals surface area contributed by atoms with E-state index in [1.807, 2.05) is 0 Å². The van der Waals surface area contributed by atoms with Gasteiger partial charge in [0.1, 0.15) is 5.82 Å². The zero-order valence-corrected chi connectivity index (χ0v) is 13.1. The number of rotatable bonds is 3. The minimum atomic E-state index is -3.52. The smallest absolute Gasteiger partial charge is 0.260 e. The molecule has 1 aromatic rings. The van der Waals surface area contributed by atoms with Crippen molar-refractivity contribution in [1.29, 1.82) is 0 Å². The van der Waals surface area contributed by atoms with E-state index in [4.69, 9.17) is 9.47 Å². The number of nitrogens with zero attached hydrogens (tertiary/aromatic N) is 2. The lowest BCUT2D eigenvalue weighted by molar-refractivity contribution is -0.181. The largest absolute Gasteiger partial charge is 0.348 e. The molecule has 1 spiro atoms. The van der Waals surface area contributed by atoms with E-state index in [-0.39, 0.29) is 11.1 Å². The van der Waals surface area contributed by atoms with Gasteiger partial charge in [0.25, 0.3) is 10.0 Å². The molecule has 1 aliphatic heterocycles. The van der Waals surface area contributed by atoms with E-state index in [1.165, 1.54) is 10.5 Å². The predicted molar refractivity (Wildman–Crippen MR) is 75.2 cm³/mol. The average molecular weight is 315 g/mol. The van der Waals surface area contributed by atoms with Crippen molar-refractivity contribution in [3.63, 3.8) is 0 Å². The molecule has 21 heavy (non-hydrogen) atoms. The summed E-state index contributed by atoms with van der Waals surface area (Å²) in [5, 5.41) is 0.149. The van der Waals surface area contributed by atoms with E-state index >= 15 is 0 Å². The van der Waals surface area contributed by atoms with Crippen molar-refractivity contribution in [3.05, 3.63) is 12.0 Å². The quantitative estimate of drug-likeness (QED) is 0.900. The first-order valence-electron chi connectivity index (χ1n) is 7.21. The number of hydrogen-bond acceptors (Lipinski definition) is 5. The van der Waals surface area contributed by atoms with Crippen LogP contribution in [0, 0.1) is 6.92 Å². The van der Waals surface area contributed by atoms with Crippen LogP contribution < -0.4 is 0 Å². The fourth-order valence-corrected chi connectivity index (χ4v) is 4.45. The van der Waals surface area contributed by atoms with Crippen LogP contribution in [0.5, 0.6) is 0 Å². The monoisotopic (exact) mass is 315 g/mol. The number of ether oxygens (including phenoxy) is 2. The van der Waals surface area contributed by atoms with Crippen molar-refractivity contribution < 1.29 is 17.9 Å². The maximum Gasteiger partial charge on any atom is 0.260 e. The summed E-state index contributed by atoms with van der Waals surface area (Å²) in [6, 6.07) is -0.0305. The molecule has 3 rings (SSSR count). The van der Waals surface area contributed by atoms with Crippen LogP contribution in [0.1, 0.15) is 31.5 Å². The van der Waals surface area contributed by atoms with Gasteiger partial charge in [0.2, 0.25) is 0 Å². The lowest BCUT2D eigenvalue weighted by Crippen LogP contribution is -2.44. The molecular weight excluding hydrogens is 294 g/mol. The standard InChI is InChI=1S/C13H21N3O4S/c1-10-14-9-12(15-10)21(17,18)16(2)11-3-5-13(6-4-11)19-7-8-20-13/h9,11H,3-8H2,1-2H3,(H,14,15). The van der Waals surface area contributed by atoms with E-state index < -0.39 is 15.8 Å². The molecule has 0 amide bonds. The minimum Gasteiger partial charge on any atom is -0.348 e. The molecule has 1 saturated heterocycles. The Morgan fingerprint density at radius 2 is 1.95 bits per heavy atom. The second-order valence-electron chi connectivity index (χ2n) is 5.69. The number of nitrogens with one attached hydrogen (secondary N) is 1. The maximum atomic E-state index is 12.5. The van der Waals surface area contributed by atoms with Gasteiger partial charge in [0, 0.05) is 25.9 Å². The lowest BCUT2D eigenvalue weighted by Gasteiger charge is -2.38. The third-order valence-corrected chi connectivity index (χ3v) is 6.20. The van der Waals surface area contributed by atoms with Crippen molar-refractivity contribution in [1.82, 2.24) is 14.3 Å². The van der Waals surface area contributed by atoms with Gasteiger partial charge in [-0.3, -0.25) is 0 Å². The second-order valence-corrected chi connectivity index (χ2v) is 7.66. The second kappa shape index (κ2) is 5.35. The van der Waals surface area contributed by atoms with E-state index in [0.29, 0.717) is 19.0 Å². The van der Waals surface area contributed by atoms with Crippen molar-refractivity contribution in [2.45, 2.75) is 49.5 Å². The van der Waals surface area contributed by atoms with E-state index in [2.05, 4.69) is 9.97 Å². The third kappa shape index (κ3) is 2.73. The fourth-order valence-electron chi connectivity index (χ4n) is 3.07. The van der Waals surface area contributed by atoms with Gasteiger partial charge in [-0.15, -0.1) is 0 Å². The van der Waals surface area contributed by atoms with Crippen LogP contribution >= 0.6 is 0 Å². The van der Waals surface area contributed by atoms with Gasteiger partial charge in [-0.05, 0) is 19.8 Å². The van der Waals surface area contributed by atoms with Crippen LogP contribution in [0.4, 0.5) is 0 Å². The number of H-pyrrole nitrogens is 1. The number of hydrogen-bond donors (Lipinski definition) is 1. The molecule has 2 aliphatic rings. The van der Waals surface area contributed by atoms with E-state index in [1.54, 1.807) is 14.0 Å². The Hall–Kier alpha value is -0.960. The Labute approximate surface area is 124 Å². The highest BCUT2D eigenvalue weighted by atomic mass is 32.2. The van der Waals surface area contributed by atoms with Crippen LogP contribution in [-0.4, -0.2) is 54.8 Å². The highest BCUT2D eigenvalue weighted by molar-refractivity contribution is 7.89. The number of aromatic amines is 1. The van der Waals surface area contributed by atoms with Gasteiger partial charge in [0.05, 0.1) is 19.4 Å². The zero-order chi connectivity index (χ0) is 15.1. The first-order valence-corrected chi connectivity index (χ1v) is 8.65. The molecule has 118 valence electrons. The van der Waals surface area contributed by atoms with Crippen molar-refractivity contribution in [2.75, 3.05) is 20.3 Å². The first kappa shape index (κ1) is 15.0. The molecule has 1 aromatic heterocycles. The van der Waals surface area contributed by atoms with Crippen LogP contribution in [0.2, 0.25) is 0 Å². The van der Waals surface area contributed by atoms with Crippen molar-refractivity contribution in [3.8, 4) is 0 Å². The molecular formula is C13H21N3O4S. The van der Waals surface area contributed by atoms with Crippen LogP contribution in [0.25, 0.3) is 0 Å². The molecule has 0 radical (unpaired) electrons. The molecule has 0 unspecified atom stereocenters. The van der Waals surface area contributed by atoms with Gasteiger partial charge >= 0.3 is 0 Å². The molecule has 2 fully saturated rings. The fraction of sp³-hybridized carbons (Fsp3) is 0.769. The van der Waals surface area contributed by atoms with E-state index in [0.717, 1.165) is 25.7 Å². The summed E-state index contributed by atoms with van der Waals surface area (Å²) >= 11 is 0. The normalized spacial score (nSPS) is 23.2. The molecule has 1 aliphatic carbocycles. The molecule has 1 N–H and O–H groups in total. The third-order valence-electron chi connectivity index (χ3n) is 4.38. The zero-order valence-electron chi connectivity index (χ0n) is 12.3. The molecule has 0 atom stereocenters.